The van der Waals surface area contributed by atoms with Crippen LogP contribution >= 0.6 is 0 Å². The van der Waals surface area contributed by atoms with Crippen molar-refractivity contribution in [1.29, 1.82) is 0 Å². The first-order valence-electron chi connectivity index (χ1n) is 8.53. The average Bonchev–Trinajstić information content (AvgIpc) is 2.62. The molecule has 2 heteroatoms. The Bertz CT molecular complexity index is 805. The van der Waals surface area contributed by atoms with Crippen LogP contribution in [0.1, 0.15) is 25.3 Å². The van der Waals surface area contributed by atoms with Crippen LogP contribution in [0.15, 0.2) is 66.7 Å². The van der Waals surface area contributed by atoms with Crippen LogP contribution in [-0.4, -0.2) is 0 Å². The van der Waals surface area contributed by atoms with Crippen molar-refractivity contribution in [3.63, 3.8) is 0 Å². The van der Waals surface area contributed by atoms with Gasteiger partial charge in [-0.25, -0.2) is 0 Å². The highest BCUT2D eigenvalue weighted by atomic mass is 14.6. The Morgan fingerprint density at radius 3 is 2.12 bits per heavy atom. The van der Waals surface area contributed by atoms with Crippen LogP contribution in [-0.2, 0) is 6.42 Å². The van der Waals surface area contributed by atoms with E-state index in [-0.39, 0.29) is 0 Å². The molecule has 0 aromatic heterocycles. The molecule has 0 spiro atoms. The molecule has 0 saturated heterocycles. The highest BCUT2D eigenvalue weighted by Crippen LogP contribution is 2.38. The fraction of sp³-hybridized carbons (Fsp3) is 0.182. The van der Waals surface area contributed by atoms with Gasteiger partial charge in [-0.1, -0.05) is 61.9 Å². The molecule has 2 nitrogen and oxygen atoms in total. The zero-order valence-electron chi connectivity index (χ0n) is 14.1. The zero-order chi connectivity index (χ0) is 16.9. The van der Waals surface area contributed by atoms with Crippen molar-refractivity contribution < 1.29 is 0 Å². The lowest BCUT2D eigenvalue weighted by atomic mass is 9.87. The van der Waals surface area contributed by atoms with Crippen LogP contribution in [0.4, 0.5) is 11.4 Å². The first-order valence-corrected chi connectivity index (χ1v) is 8.53. The second-order valence-electron chi connectivity index (χ2n) is 6.15. The van der Waals surface area contributed by atoms with Crippen LogP contribution in [0.3, 0.4) is 0 Å². The Hall–Kier alpha value is -2.74. The molecule has 0 fully saturated rings. The highest BCUT2D eigenvalue weighted by molar-refractivity contribution is 5.89. The minimum absolute atomic E-state index is 0.779. The van der Waals surface area contributed by atoms with E-state index >= 15 is 0 Å². The molecule has 0 heterocycles. The van der Waals surface area contributed by atoms with Crippen LogP contribution in [0.2, 0.25) is 0 Å². The lowest BCUT2D eigenvalue weighted by Gasteiger charge is -2.18. The third kappa shape index (κ3) is 3.28. The maximum absolute atomic E-state index is 6.35. The second-order valence-corrected chi connectivity index (χ2v) is 6.15. The molecule has 24 heavy (non-hydrogen) atoms. The van der Waals surface area contributed by atoms with Gasteiger partial charge < -0.3 is 11.5 Å². The molecule has 0 aliphatic heterocycles. The summed E-state index contributed by atoms with van der Waals surface area (Å²) in [6.07, 6.45) is 3.28. The number of nitrogens with two attached hydrogens (primary N) is 2. The third-order valence-corrected chi connectivity index (χ3v) is 4.41. The maximum Gasteiger partial charge on any atom is 0.0353 e. The van der Waals surface area contributed by atoms with E-state index in [0.717, 1.165) is 30.6 Å². The van der Waals surface area contributed by atoms with E-state index in [0.29, 0.717) is 0 Å². The van der Waals surface area contributed by atoms with Crippen molar-refractivity contribution in [2.45, 2.75) is 26.2 Å². The predicted molar refractivity (Wildman–Crippen MR) is 105 cm³/mol. The molecular formula is C22H24N2. The van der Waals surface area contributed by atoms with Gasteiger partial charge in [0.2, 0.25) is 0 Å². The molecule has 3 rings (SSSR count). The molecule has 0 aliphatic rings. The monoisotopic (exact) mass is 316 g/mol. The molecule has 0 unspecified atom stereocenters. The van der Waals surface area contributed by atoms with Crippen LogP contribution < -0.4 is 11.5 Å². The van der Waals surface area contributed by atoms with Gasteiger partial charge in [-0.15, -0.1) is 0 Å². The smallest absolute Gasteiger partial charge is 0.0353 e. The van der Waals surface area contributed by atoms with E-state index in [2.05, 4.69) is 49.4 Å². The molecule has 0 bridgehead atoms. The van der Waals surface area contributed by atoms with E-state index < -0.39 is 0 Å². The van der Waals surface area contributed by atoms with Gasteiger partial charge in [0.25, 0.3) is 0 Å². The number of rotatable bonds is 5. The molecule has 0 saturated carbocycles. The van der Waals surface area contributed by atoms with Crippen molar-refractivity contribution in [2.24, 2.45) is 0 Å². The summed E-state index contributed by atoms with van der Waals surface area (Å²) in [5.41, 5.74) is 19.9. The largest absolute Gasteiger partial charge is 0.399 e. The minimum Gasteiger partial charge on any atom is -0.399 e. The van der Waals surface area contributed by atoms with E-state index in [4.69, 9.17) is 11.5 Å². The fourth-order valence-electron chi connectivity index (χ4n) is 3.12. The summed E-state index contributed by atoms with van der Waals surface area (Å²) in [6, 6.07) is 22.7. The van der Waals surface area contributed by atoms with Crippen molar-refractivity contribution in [3.8, 4) is 22.3 Å². The summed E-state index contributed by atoms with van der Waals surface area (Å²) in [6.45, 7) is 2.21. The van der Waals surface area contributed by atoms with Gasteiger partial charge in [0, 0.05) is 11.4 Å². The van der Waals surface area contributed by atoms with E-state index in [1.807, 2.05) is 24.3 Å². The summed E-state index contributed by atoms with van der Waals surface area (Å²) in [5.74, 6) is 0. The SMILES string of the molecule is CCCCc1c(N)ccc(-c2ccc(N)cc2)c1-c1ccccc1. The van der Waals surface area contributed by atoms with Gasteiger partial charge in [0.15, 0.2) is 0 Å². The Morgan fingerprint density at radius 1 is 0.750 bits per heavy atom. The Morgan fingerprint density at radius 2 is 1.46 bits per heavy atom. The van der Waals surface area contributed by atoms with Crippen LogP contribution in [0, 0.1) is 0 Å². The van der Waals surface area contributed by atoms with Crippen molar-refractivity contribution >= 4 is 11.4 Å². The summed E-state index contributed by atoms with van der Waals surface area (Å²) in [5, 5.41) is 0. The van der Waals surface area contributed by atoms with Gasteiger partial charge in [-0.3, -0.25) is 0 Å². The van der Waals surface area contributed by atoms with Crippen molar-refractivity contribution in [3.05, 3.63) is 72.3 Å². The molecule has 0 atom stereocenters. The molecule has 3 aromatic rings. The molecule has 3 aromatic carbocycles. The normalized spacial score (nSPS) is 10.7. The van der Waals surface area contributed by atoms with Gasteiger partial charge in [0.05, 0.1) is 0 Å². The number of nitrogen functional groups attached to an aromatic ring is 2. The summed E-state index contributed by atoms with van der Waals surface area (Å²) in [7, 11) is 0. The zero-order valence-corrected chi connectivity index (χ0v) is 14.1. The molecule has 0 aliphatic carbocycles. The first kappa shape index (κ1) is 16.1. The Kier molecular flexibility index (Phi) is 4.85. The van der Waals surface area contributed by atoms with Crippen molar-refractivity contribution in [2.75, 3.05) is 11.5 Å². The number of hydrogen-bond acceptors (Lipinski definition) is 2. The standard InChI is InChI=1S/C22H24N2/c1-2-3-9-20-21(24)15-14-19(16-10-12-18(23)13-11-16)22(20)17-7-5-4-6-8-17/h4-8,10-15H,2-3,9,23-24H2,1H3. The number of unbranched alkanes of at least 4 members (excludes halogenated alkanes) is 1. The lowest BCUT2D eigenvalue weighted by Crippen LogP contribution is -2.00. The second kappa shape index (κ2) is 7.22. The first-order chi connectivity index (χ1) is 11.7. The van der Waals surface area contributed by atoms with E-state index in [9.17, 15) is 0 Å². The van der Waals surface area contributed by atoms with Gasteiger partial charge >= 0.3 is 0 Å². The molecule has 122 valence electrons. The molecule has 4 N–H and O–H groups in total. The van der Waals surface area contributed by atoms with Gasteiger partial charge in [0.1, 0.15) is 0 Å². The fourth-order valence-corrected chi connectivity index (χ4v) is 3.12. The maximum atomic E-state index is 6.35. The minimum atomic E-state index is 0.779. The number of hydrogen-bond donors (Lipinski definition) is 2. The summed E-state index contributed by atoms with van der Waals surface area (Å²) < 4.78 is 0. The average molecular weight is 316 g/mol. The molecular weight excluding hydrogens is 292 g/mol. The topological polar surface area (TPSA) is 52.0 Å². The van der Waals surface area contributed by atoms with E-state index in [1.54, 1.807) is 0 Å². The van der Waals surface area contributed by atoms with Crippen molar-refractivity contribution in [1.82, 2.24) is 0 Å². The van der Waals surface area contributed by atoms with Gasteiger partial charge in [-0.2, -0.15) is 0 Å². The summed E-state index contributed by atoms with van der Waals surface area (Å²) in [4.78, 5) is 0. The molecule has 0 amide bonds. The predicted octanol–water partition coefficient (Wildman–Crippen LogP) is 5.53. The summed E-state index contributed by atoms with van der Waals surface area (Å²) >= 11 is 0. The van der Waals surface area contributed by atoms with Gasteiger partial charge in [-0.05, 0) is 58.9 Å². The lowest BCUT2D eigenvalue weighted by molar-refractivity contribution is 0.797. The van der Waals surface area contributed by atoms with E-state index in [1.165, 1.54) is 27.8 Å². The Balaban J connectivity index is 2.23. The van der Waals surface area contributed by atoms with Crippen LogP contribution in [0.25, 0.3) is 22.3 Å². The molecule has 0 radical (unpaired) electrons. The Labute approximate surface area is 144 Å². The third-order valence-electron chi connectivity index (χ3n) is 4.41. The quantitative estimate of drug-likeness (QED) is 0.608. The van der Waals surface area contributed by atoms with Crippen LogP contribution in [0.5, 0.6) is 0 Å². The number of anilines is 2. The highest BCUT2D eigenvalue weighted by Gasteiger charge is 2.14. The number of benzene rings is 3.